The van der Waals surface area contributed by atoms with Crippen LogP contribution in [0.15, 0.2) is 91.0 Å². The topological polar surface area (TPSA) is 0 Å². The second-order valence-corrected chi connectivity index (χ2v) is 14.2. The van der Waals surface area contributed by atoms with E-state index in [1.165, 1.54) is 16.7 Å². The molecule has 3 rings (SSSR count). The van der Waals surface area contributed by atoms with Gasteiger partial charge in [-0.3, -0.25) is 0 Å². The van der Waals surface area contributed by atoms with E-state index in [0.29, 0.717) is 0 Å². The van der Waals surface area contributed by atoms with E-state index in [2.05, 4.69) is 112 Å². The van der Waals surface area contributed by atoms with Gasteiger partial charge in [0.1, 0.15) is 0 Å². The minimum Gasteiger partial charge on any atom is -0.175 e. The monoisotopic (exact) mass is 432 g/mol. The fraction of sp³-hybridized carbons (Fsp3) is 0.143. The van der Waals surface area contributed by atoms with Crippen LogP contribution in [0.5, 0.6) is 0 Å². The Morgan fingerprint density at radius 1 is 0.478 bits per heavy atom. The van der Waals surface area contributed by atoms with Crippen LogP contribution in [0, 0.1) is 0 Å². The summed E-state index contributed by atoms with van der Waals surface area (Å²) in [5, 5.41) is 0. The predicted octanol–water partition coefficient (Wildman–Crippen LogP) is 6.74. The Labute approximate surface area is 152 Å². The third-order valence-electron chi connectivity index (χ3n) is 3.80. The maximum Gasteiger partial charge on any atom is 0.0114 e. The molecule has 0 amide bonds. The molecule has 118 valence electrons. The van der Waals surface area contributed by atoms with E-state index < -0.39 is 7.20 Å². The van der Waals surface area contributed by atoms with Crippen molar-refractivity contribution in [1.29, 1.82) is 0 Å². The summed E-state index contributed by atoms with van der Waals surface area (Å²) in [5.41, 5.74) is 4.34. The molecule has 3 aromatic rings. The summed E-state index contributed by atoms with van der Waals surface area (Å²) in [4.78, 5) is 0. The van der Waals surface area contributed by atoms with Crippen molar-refractivity contribution < 1.29 is 0 Å². The van der Waals surface area contributed by atoms with Crippen molar-refractivity contribution in [2.75, 3.05) is 0 Å². The van der Waals surface area contributed by atoms with Gasteiger partial charge in [-0.15, -0.1) is 0 Å². The molecule has 0 unspecified atom stereocenters. The summed E-state index contributed by atoms with van der Waals surface area (Å²) >= 11 is 2.77. The van der Waals surface area contributed by atoms with Gasteiger partial charge in [0.15, 0.2) is 0 Å². The zero-order valence-electron chi connectivity index (χ0n) is 13.1. The lowest BCUT2D eigenvalue weighted by atomic mass is 10.2. The Morgan fingerprint density at radius 2 is 0.739 bits per heavy atom. The molecule has 3 aromatic carbocycles. The molecule has 0 aliphatic carbocycles. The van der Waals surface area contributed by atoms with E-state index in [0.717, 1.165) is 17.3 Å². The van der Waals surface area contributed by atoms with Gasteiger partial charge in [0.25, 0.3) is 0 Å². The third-order valence-corrected chi connectivity index (χ3v) is 9.16. The van der Waals surface area contributed by atoms with Gasteiger partial charge in [-0.1, -0.05) is 91.0 Å². The van der Waals surface area contributed by atoms with Crippen molar-refractivity contribution in [2.45, 2.75) is 17.3 Å². The highest BCUT2D eigenvalue weighted by atomic mass is 127. The smallest absolute Gasteiger partial charge is 0.0114 e. The van der Waals surface area contributed by atoms with E-state index in [1.807, 2.05) is 0 Å². The van der Waals surface area contributed by atoms with Gasteiger partial charge in [-0.05, 0) is 37.9 Å². The first-order valence-electron chi connectivity index (χ1n) is 7.81. The zero-order chi connectivity index (χ0) is 16.0. The molecule has 0 saturated heterocycles. The van der Waals surface area contributed by atoms with Crippen LogP contribution < -0.4 is 0 Å². The van der Waals surface area contributed by atoms with E-state index in [4.69, 9.17) is 0 Å². The molecule has 0 aromatic heterocycles. The Morgan fingerprint density at radius 3 is 1.00 bits per heavy atom. The van der Waals surface area contributed by atoms with Crippen LogP contribution in [0.4, 0.5) is 0 Å². The molecule has 0 heterocycles. The number of hydrogen-bond acceptors (Lipinski definition) is 0. The highest BCUT2D eigenvalue weighted by molar-refractivity contribution is 14.2. The fourth-order valence-corrected chi connectivity index (χ4v) is 8.68. The predicted molar refractivity (Wildman–Crippen MR) is 112 cm³/mol. The Balaban J connectivity index is 1.85. The summed E-state index contributed by atoms with van der Waals surface area (Å²) in [5.74, 6) is 3.49. The van der Waals surface area contributed by atoms with Gasteiger partial charge in [-0.25, -0.2) is 0 Å². The van der Waals surface area contributed by atoms with Crippen LogP contribution in [-0.2, 0) is 17.3 Å². The lowest BCUT2D eigenvalue weighted by molar-refractivity contribution is 1.29. The van der Waals surface area contributed by atoms with Gasteiger partial charge >= 0.3 is 0 Å². The largest absolute Gasteiger partial charge is 0.175 e. The van der Waals surface area contributed by atoms with Gasteiger partial charge in [-0.2, -0.15) is 7.20 Å². The first-order chi connectivity index (χ1) is 11.2. The summed E-state index contributed by atoms with van der Waals surface area (Å²) < 4.78 is 0. The van der Waals surface area contributed by atoms with Crippen LogP contribution in [-0.4, -0.2) is 0 Å². The molecule has 0 fully saturated rings. The molecule has 0 nitrogen and oxygen atoms in total. The fourth-order valence-electron chi connectivity index (χ4n) is 2.77. The number of rotatable bonds is 6. The molecule has 0 aliphatic heterocycles. The lowest BCUT2D eigenvalue weighted by Crippen LogP contribution is -2.03. The van der Waals surface area contributed by atoms with Crippen LogP contribution in [0.25, 0.3) is 0 Å². The van der Waals surface area contributed by atoms with Crippen molar-refractivity contribution in [3.05, 3.63) is 108 Å². The molecule has 0 aliphatic rings. The molecular weight excluding hydrogens is 411 g/mol. The van der Waals surface area contributed by atoms with Gasteiger partial charge in [0.05, 0.1) is 0 Å². The summed E-state index contributed by atoms with van der Waals surface area (Å²) in [6, 6.07) is 32.8. The first-order valence-corrected chi connectivity index (χ1v) is 12.5. The summed E-state index contributed by atoms with van der Waals surface area (Å²) in [7, 11) is -0.828. The molecule has 0 radical (unpaired) electrons. The van der Waals surface area contributed by atoms with Crippen molar-refractivity contribution in [2.24, 2.45) is 0 Å². The second kappa shape index (κ2) is 8.02. The highest BCUT2D eigenvalue weighted by Gasteiger charge is 2.22. The standard InChI is InChI=1S/C21H21IS/c22-23(16-19-10-4-1-5-11-19,17-20-12-6-2-7-13-20)18-21-14-8-3-9-15-21/h1-15H,16-18H2. The molecule has 0 atom stereocenters. The van der Waals surface area contributed by atoms with Crippen molar-refractivity contribution in [3.8, 4) is 0 Å². The van der Waals surface area contributed by atoms with Crippen LogP contribution in [0.2, 0.25) is 0 Å². The van der Waals surface area contributed by atoms with Crippen LogP contribution in [0.3, 0.4) is 0 Å². The average molecular weight is 432 g/mol. The third kappa shape index (κ3) is 5.11. The van der Waals surface area contributed by atoms with Crippen LogP contribution in [0.1, 0.15) is 16.7 Å². The molecule has 0 saturated carbocycles. The molecule has 0 spiro atoms. The van der Waals surface area contributed by atoms with Gasteiger partial charge in [0, 0.05) is 17.3 Å². The van der Waals surface area contributed by atoms with Crippen LogP contribution >= 0.6 is 28.4 Å². The van der Waals surface area contributed by atoms with E-state index in [1.54, 1.807) is 0 Å². The SMILES string of the molecule is IS(Cc1ccccc1)(Cc1ccccc1)Cc1ccccc1. The Kier molecular flexibility index (Phi) is 5.79. The molecule has 0 N–H and O–H groups in total. The Bertz CT molecular complexity index is 609. The molecule has 2 heteroatoms. The maximum atomic E-state index is 2.77. The lowest BCUT2D eigenvalue weighted by Gasteiger charge is -2.34. The summed E-state index contributed by atoms with van der Waals surface area (Å²) in [6.45, 7) is 0. The molecular formula is C21H21IS. The minimum absolute atomic E-state index is 0.828. The van der Waals surface area contributed by atoms with E-state index in [9.17, 15) is 0 Å². The normalized spacial score (nSPS) is 12.0. The molecule has 23 heavy (non-hydrogen) atoms. The zero-order valence-corrected chi connectivity index (χ0v) is 16.0. The highest BCUT2D eigenvalue weighted by Crippen LogP contribution is 2.63. The maximum absolute atomic E-state index is 2.77. The first kappa shape index (κ1) is 16.6. The van der Waals surface area contributed by atoms with Gasteiger partial charge < -0.3 is 0 Å². The van der Waals surface area contributed by atoms with Crippen molar-refractivity contribution in [3.63, 3.8) is 0 Å². The van der Waals surface area contributed by atoms with E-state index in [-0.39, 0.29) is 0 Å². The summed E-state index contributed by atoms with van der Waals surface area (Å²) in [6.07, 6.45) is 0. The van der Waals surface area contributed by atoms with Crippen molar-refractivity contribution in [1.82, 2.24) is 0 Å². The van der Waals surface area contributed by atoms with E-state index >= 15 is 0 Å². The minimum atomic E-state index is -0.828. The average Bonchev–Trinajstić information content (AvgIpc) is 2.57. The number of halogens is 1. The van der Waals surface area contributed by atoms with Gasteiger partial charge in [0.2, 0.25) is 0 Å². The number of hydrogen-bond donors (Lipinski definition) is 0. The quantitative estimate of drug-likeness (QED) is 0.379. The Hall–Kier alpha value is -1.26. The van der Waals surface area contributed by atoms with Crippen molar-refractivity contribution >= 4 is 28.4 Å². The molecule has 0 bridgehead atoms. The number of benzene rings is 3. The second-order valence-electron chi connectivity index (χ2n) is 5.83.